The number of carbonyl (C=O) groups is 1. The van der Waals surface area contributed by atoms with Gasteiger partial charge in [-0.25, -0.2) is 14.4 Å². The first-order valence-electron chi connectivity index (χ1n) is 6.19. The first-order valence-corrected chi connectivity index (χ1v) is 7.07. The summed E-state index contributed by atoms with van der Waals surface area (Å²) in [5.74, 6) is -0.572. The molecule has 2 rings (SSSR count). The van der Waals surface area contributed by atoms with Crippen LogP contribution in [0.4, 0.5) is 10.2 Å². The third kappa shape index (κ3) is 3.11. The Morgan fingerprint density at radius 2 is 2.30 bits per heavy atom. The standard InChI is InChI=1S/C13H15FN4OS/c1-3-10(13-16-4-5-20-13)18-12(19)9-6-8(14)7-17-11(9)15-2/h4-7,10H,3H2,1-2H3,(H,15,17)(H,18,19). The van der Waals surface area contributed by atoms with Gasteiger partial charge in [0.1, 0.15) is 16.6 Å². The average Bonchev–Trinajstić information content (AvgIpc) is 2.98. The number of halogens is 1. The van der Waals surface area contributed by atoms with E-state index in [-0.39, 0.29) is 17.5 Å². The Morgan fingerprint density at radius 1 is 1.50 bits per heavy atom. The summed E-state index contributed by atoms with van der Waals surface area (Å²) in [6.07, 6.45) is 3.47. The molecule has 1 unspecified atom stereocenters. The fourth-order valence-electron chi connectivity index (χ4n) is 1.79. The Kier molecular flexibility index (Phi) is 4.62. The van der Waals surface area contributed by atoms with Crippen molar-refractivity contribution in [3.05, 3.63) is 40.2 Å². The van der Waals surface area contributed by atoms with Crippen molar-refractivity contribution in [2.75, 3.05) is 12.4 Å². The van der Waals surface area contributed by atoms with Gasteiger partial charge >= 0.3 is 0 Å². The van der Waals surface area contributed by atoms with Crippen molar-refractivity contribution >= 4 is 23.1 Å². The number of rotatable bonds is 5. The molecule has 20 heavy (non-hydrogen) atoms. The van der Waals surface area contributed by atoms with Crippen LogP contribution in [0.15, 0.2) is 23.8 Å². The minimum Gasteiger partial charge on any atom is -0.372 e. The lowest BCUT2D eigenvalue weighted by Gasteiger charge is -2.15. The normalized spacial score (nSPS) is 11.9. The van der Waals surface area contributed by atoms with Crippen molar-refractivity contribution in [1.29, 1.82) is 0 Å². The van der Waals surface area contributed by atoms with Crippen LogP contribution in [0.2, 0.25) is 0 Å². The van der Waals surface area contributed by atoms with Crippen molar-refractivity contribution < 1.29 is 9.18 Å². The van der Waals surface area contributed by atoms with E-state index < -0.39 is 5.82 Å². The second kappa shape index (κ2) is 6.42. The summed E-state index contributed by atoms with van der Waals surface area (Å²) >= 11 is 1.47. The van der Waals surface area contributed by atoms with Gasteiger partial charge in [-0.1, -0.05) is 6.92 Å². The lowest BCUT2D eigenvalue weighted by Crippen LogP contribution is -2.29. The molecule has 2 aromatic rings. The molecule has 0 aromatic carbocycles. The van der Waals surface area contributed by atoms with E-state index in [1.807, 2.05) is 12.3 Å². The summed E-state index contributed by atoms with van der Waals surface area (Å²) in [6, 6.07) is 0.985. The van der Waals surface area contributed by atoms with Gasteiger partial charge < -0.3 is 10.6 Å². The predicted octanol–water partition coefficient (Wildman–Crippen LogP) is 2.60. The van der Waals surface area contributed by atoms with Crippen molar-refractivity contribution in [1.82, 2.24) is 15.3 Å². The number of thiazole rings is 1. The molecule has 5 nitrogen and oxygen atoms in total. The minimum atomic E-state index is -0.545. The van der Waals surface area contributed by atoms with Gasteiger partial charge in [-0.2, -0.15) is 0 Å². The van der Waals surface area contributed by atoms with Gasteiger partial charge in [-0.3, -0.25) is 4.79 Å². The molecule has 106 valence electrons. The lowest BCUT2D eigenvalue weighted by atomic mass is 10.2. The van der Waals surface area contributed by atoms with Crippen LogP contribution < -0.4 is 10.6 Å². The summed E-state index contributed by atoms with van der Waals surface area (Å²) in [7, 11) is 1.63. The number of hydrogen-bond donors (Lipinski definition) is 2. The Labute approximate surface area is 120 Å². The molecule has 1 amide bonds. The Hall–Kier alpha value is -2.02. The number of hydrogen-bond acceptors (Lipinski definition) is 5. The molecule has 0 spiro atoms. The van der Waals surface area contributed by atoms with Gasteiger partial charge in [-0.15, -0.1) is 11.3 Å². The molecule has 2 N–H and O–H groups in total. The second-order valence-electron chi connectivity index (χ2n) is 4.10. The molecule has 0 aliphatic rings. The fourth-order valence-corrected chi connectivity index (χ4v) is 2.57. The summed E-state index contributed by atoms with van der Waals surface area (Å²) in [5.41, 5.74) is 0.183. The molecule has 2 aromatic heterocycles. The van der Waals surface area contributed by atoms with E-state index in [4.69, 9.17) is 0 Å². The van der Waals surface area contributed by atoms with E-state index in [0.717, 1.165) is 11.2 Å². The number of pyridine rings is 1. The Bertz CT molecular complexity index is 588. The van der Waals surface area contributed by atoms with E-state index in [0.29, 0.717) is 12.2 Å². The lowest BCUT2D eigenvalue weighted by molar-refractivity contribution is 0.0935. The minimum absolute atomic E-state index is 0.183. The van der Waals surface area contributed by atoms with Gasteiger partial charge in [0.25, 0.3) is 5.91 Å². The van der Waals surface area contributed by atoms with Crippen molar-refractivity contribution in [2.24, 2.45) is 0 Å². The highest BCUT2D eigenvalue weighted by atomic mass is 32.1. The smallest absolute Gasteiger partial charge is 0.255 e. The van der Waals surface area contributed by atoms with E-state index in [1.165, 1.54) is 17.4 Å². The number of aromatic nitrogens is 2. The number of carbonyl (C=O) groups excluding carboxylic acids is 1. The Morgan fingerprint density at radius 3 is 2.90 bits per heavy atom. The third-order valence-electron chi connectivity index (χ3n) is 2.80. The van der Waals surface area contributed by atoms with Crippen LogP contribution in [0.25, 0.3) is 0 Å². The van der Waals surface area contributed by atoms with Crippen LogP contribution in [-0.4, -0.2) is 22.9 Å². The highest BCUT2D eigenvalue weighted by Gasteiger charge is 2.19. The van der Waals surface area contributed by atoms with Gasteiger partial charge in [0.05, 0.1) is 17.8 Å². The van der Waals surface area contributed by atoms with Crippen LogP contribution >= 0.6 is 11.3 Å². The van der Waals surface area contributed by atoms with E-state index in [9.17, 15) is 9.18 Å². The second-order valence-corrected chi connectivity index (χ2v) is 5.03. The van der Waals surface area contributed by atoms with Gasteiger partial charge in [0.2, 0.25) is 0 Å². The predicted molar refractivity (Wildman–Crippen MR) is 76.4 cm³/mol. The van der Waals surface area contributed by atoms with Crippen LogP contribution in [-0.2, 0) is 0 Å². The van der Waals surface area contributed by atoms with Crippen LogP contribution in [0.3, 0.4) is 0 Å². The zero-order chi connectivity index (χ0) is 14.5. The number of nitrogens with zero attached hydrogens (tertiary/aromatic N) is 2. The van der Waals surface area contributed by atoms with E-state index in [2.05, 4.69) is 20.6 Å². The zero-order valence-corrected chi connectivity index (χ0v) is 12.0. The highest BCUT2D eigenvalue weighted by Crippen LogP contribution is 2.20. The quantitative estimate of drug-likeness (QED) is 0.889. The van der Waals surface area contributed by atoms with E-state index >= 15 is 0 Å². The summed E-state index contributed by atoms with van der Waals surface area (Å²) in [4.78, 5) is 20.3. The van der Waals surface area contributed by atoms with Gasteiger partial charge in [0, 0.05) is 18.6 Å². The third-order valence-corrected chi connectivity index (χ3v) is 3.69. The molecule has 0 radical (unpaired) electrons. The molecule has 0 saturated heterocycles. The topological polar surface area (TPSA) is 66.9 Å². The van der Waals surface area contributed by atoms with Crippen LogP contribution in [0, 0.1) is 5.82 Å². The van der Waals surface area contributed by atoms with Crippen molar-refractivity contribution in [3.8, 4) is 0 Å². The van der Waals surface area contributed by atoms with E-state index in [1.54, 1.807) is 13.2 Å². The first-order chi connectivity index (χ1) is 9.65. The Balaban J connectivity index is 2.21. The maximum Gasteiger partial charge on any atom is 0.255 e. The average molecular weight is 294 g/mol. The largest absolute Gasteiger partial charge is 0.372 e. The summed E-state index contributed by atoms with van der Waals surface area (Å²) < 4.78 is 13.3. The zero-order valence-electron chi connectivity index (χ0n) is 11.2. The molecule has 2 heterocycles. The number of nitrogens with one attached hydrogen (secondary N) is 2. The first kappa shape index (κ1) is 14.4. The van der Waals surface area contributed by atoms with Crippen molar-refractivity contribution in [3.63, 3.8) is 0 Å². The SMILES string of the molecule is CCC(NC(=O)c1cc(F)cnc1NC)c1nccs1. The molecule has 7 heteroatoms. The molecular weight excluding hydrogens is 279 g/mol. The fraction of sp³-hybridized carbons (Fsp3) is 0.308. The maximum absolute atomic E-state index is 13.3. The van der Waals surface area contributed by atoms with Crippen LogP contribution in [0.1, 0.15) is 34.8 Å². The van der Waals surface area contributed by atoms with Gasteiger partial charge in [-0.05, 0) is 12.5 Å². The monoisotopic (exact) mass is 294 g/mol. The molecule has 0 aliphatic heterocycles. The summed E-state index contributed by atoms with van der Waals surface area (Å²) in [5, 5.41) is 8.31. The molecule has 1 atom stereocenters. The van der Waals surface area contributed by atoms with Gasteiger partial charge in [0.15, 0.2) is 0 Å². The molecule has 0 saturated carbocycles. The molecule has 0 fully saturated rings. The summed E-state index contributed by atoms with van der Waals surface area (Å²) in [6.45, 7) is 1.95. The van der Waals surface area contributed by atoms with Crippen LogP contribution in [0.5, 0.6) is 0 Å². The molecule has 0 aliphatic carbocycles. The number of anilines is 1. The van der Waals surface area contributed by atoms with Crippen molar-refractivity contribution in [2.45, 2.75) is 19.4 Å². The highest BCUT2D eigenvalue weighted by molar-refractivity contribution is 7.09. The number of amides is 1. The molecule has 0 bridgehead atoms. The maximum atomic E-state index is 13.3. The molecular formula is C13H15FN4OS.